The zero-order valence-corrected chi connectivity index (χ0v) is 14.2. The van der Waals surface area contributed by atoms with Crippen LogP contribution in [0.25, 0.3) is 0 Å². The molecule has 26 heavy (non-hydrogen) atoms. The maximum atomic E-state index is 14.0. The summed E-state index contributed by atoms with van der Waals surface area (Å²) in [7, 11) is 0. The third kappa shape index (κ3) is 3.31. The van der Waals surface area contributed by atoms with E-state index in [1.165, 1.54) is 17.0 Å². The fourth-order valence-corrected chi connectivity index (χ4v) is 2.92. The SMILES string of the molecule is CC1(C)COC(c2ccc(F)cc2)CN1C(=O)c1ccc(F)c(F)c1F. The normalized spacial score (nSPS) is 19.5. The van der Waals surface area contributed by atoms with E-state index in [4.69, 9.17) is 4.74 Å². The summed E-state index contributed by atoms with van der Waals surface area (Å²) in [5, 5.41) is 0. The molecule has 1 saturated heterocycles. The maximum absolute atomic E-state index is 14.0. The number of carbonyl (C=O) groups excluding carboxylic acids is 1. The van der Waals surface area contributed by atoms with Gasteiger partial charge in [-0.05, 0) is 43.7 Å². The van der Waals surface area contributed by atoms with E-state index in [1.807, 2.05) is 0 Å². The number of benzene rings is 2. The summed E-state index contributed by atoms with van der Waals surface area (Å²) in [5.41, 5.74) is -0.674. The van der Waals surface area contributed by atoms with E-state index < -0.39 is 46.4 Å². The fourth-order valence-electron chi connectivity index (χ4n) is 2.92. The second-order valence-corrected chi connectivity index (χ2v) is 6.80. The van der Waals surface area contributed by atoms with Crippen molar-refractivity contribution in [3.63, 3.8) is 0 Å². The first kappa shape index (κ1) is 18.4. The molecule has 1 heterocycles. The number of carbonyl (C=O) groups is 1. The molecule has 3 rings (SSSR count). The average molecular weight is 367 g/mol. The molecule has 0 saturated carbocycles. The smallest absolute Gasteiger partial charge is 0.257 e. The van der Waals surface area contributed by atoms with Crippen molar-refractivity contribution in [2.45, 2.75) is 25.5 Å². The standard InChI is InChI=1S/C19H17F4NO2/c1-19(2)10-26-15(11-3-5-12(20)6-4-11)9-24(19)18(25)13-7-8-14(21)17(23)16(13)22/h3-8,15H,9-10H2,1-2H3. The Morgan fingerprint density at radius 3 is 2.35 bits per heavy atom. The molecule has 0 aliphatic carbocycles. The number of ether oxygens (including phenoxy) is 1. The highest BCUT2D eigenvalue weighted by Crippen LogP contribution is 2.32. The molecule has 0 spiro atoms. The molecule has 0 bridgehead atoms. The highest BCUT2D eigenvalue weighted by Gasteiger charge is 2.40. The summed E-state index contributed by atoms with van der Waals surface area (Å²) in [6.07, 6.45) is -0.541. The van der Waals surface area contributed by atoms with Gasteiger partial charge in [0.15, 0.2) is 17.5 Å². The van der Waals surface area contributed by atoms with Gasteiger partial charge in [-0.2, -0.15) is 0 Å². The molecule has 1 unspecified atom stereocenters. The Kier molecular flexibility index (Phi) is 4.75. The molecule has 7 heteroatoms. The minimum atomic E-state index is -1.68. The molecular formula is C19H17F4NO2. The lowest BCUT2D eigenvalue weighted by Crippen LogP contribution is -2.56. The highest BCUT2D eigenvalue weighted by molar-refractivity contribution is 5.95. The Balaban J connectivity index is 1.92. The van der Waals surface area contributed by atoms with Crippen LogP contribution in [0.15, 0.2) is 36.4 Å². The molecule has 0 N–H and O–H groups in total. The number of morpholine rings is 1. The minimum absolute atomic E-state index is 0.0654. The van der Waals surface area contributed by atoms with Crippen LogP contribution in [-0.4, -0.2) is 29.5 Å². The van der Waals surface area contributed by atoms with Crippen LogP contribution in [0.3, 0.4) is 0 Å². The molecule has 1 atom stereocenters. The molecule has 138 valence electrons. The summed E-state index contributed by atoms with van der Waals surface area (Å²) in [6.45, 7) is 3.66. The van der Waals surface area contributed by atoms with E-state index in [9.17, 15) is 22.4 Å². The Bertz CT molecular complexity index is 836. The lowest BCUT2D eigenvalue weighted by atomic mass is 9.96. The third-order valence-electron chi connectivity index (χ3n) is 4.47. The second kappa shape index (κ2) is 6.72. The minimum Gasteiger partial charge on any atom is -0.369 e. The fraction of sp³-hybridized carbons (Fsp3) is 0.316. The summed E-state index contributed by atoms with van der Waals surface area (Å²) < 4.78 is 59.6. The molecule has 0 radical (unpaired) electrons. The van der Waals surface area contributed by atoms with E-state index in [-0.39, 0.29) is 13.2 Å². The third-order valence-corrected chi connectivity index (χ3v) is 4.47. The van der Waals surface area contributed by atoms with Gasteiger partial charge in [0.1, 0.15) is 11.9 Å². The van der Waals surface area contributed by atoms with E-state index in [2.05, 4.69) is 0 Å². The molecular weight excluding hydrogens is 350 g/mol. The van der Waals surface area contributed by atoms with Crippen molar-refractivity contribution in [3.05, 3.63) is 70.8 Å². The topological polar surface area (TPSA) is 29.5 Å². The van der Waals surface area contributed by atoms with E-state index in [0.29, 0.717) is 5.56 Å². The van der Waals surface area contributed by atoms with E-state index in [1.54, 1.807) is 26.0 Å². The monoisotopic (exact) mass is 367 g/mol. The summed E-state index contributed by atoms with van der Waals surface area (Å²) in [4.78, 5) is 14.2. The first-order chi connectivity index (χ1) is 12.2. The molecule has 1 aliphatic rings. The lowest BCUT2D eigenvalue weighted by molar-refractivity contribution is -0.0848. The van der Waals surface area contributed by atoms with Crippen LogP contribution in [0.4, 0.5) is 17.6 Å². The van der Waals surface area contributed by atoms with Crippen LogP contribution in [0.2, 0.25) is 0 Å². The van der Waals surface area contributed by atoms with Crippen LogP contribution in [-0.2, 0) is 4.74 Å². The second-order valence-electron chi connectivity index (χ2n) is 6.80. The molecule has 2 aromatic rings. The van der Waals surface area contributed by atoms with Gasteiger partial charge in [-0.3, -0.25) is 4.79 Å². The Morgan fingerprint density at radius 2 is 1.69 bits per heavy atom. The predicted octanol–water partition coefficient (Wildman–Crippen LogP) is 4.24. The molecule has 1 fully saturated rings. The van der Waals surface area contributed by atoms with Crippen molar-refractivity contribution >= 4 is 5.91 Å². The zero-order chi connectivity index (χ0) is 19.1. The largest absolute Gasteiger partial charge is 0.369 e. The lowest BCUT2D eigenvalue weighted by Gasteiger charge is -2.45. The van der Waals surface area contributed by atoms with E-state index >= 15 is 0 Å². The first-order valence-electron chi connectivity index (χ1n) is 8.03. The van der Waals surface area contributed by atoms with Gasteiger partial charge in [-0.15, -0.1) is 0 Å². The predicted molar refractivity (Wildman–Crippen MR) is 86.5 cm³/mol. The molecule has 2 aromatic carbocycles. The Hall–Kier alpha value is -2.41. The number of amides is 1. The summed E-state index contributed by atoms with van der Waals surface area (Å²) >= 11 is 0. The van der Waals surface area contributed by atoms with Crippen LogP contribution in [0.5, 0.6) is 0 Å². The number of nitrogens with zero attached hydrogens (tertiary/aromatic N) is 1. The van der Waals surface area contributed by atoms with Gasteiger partial charge in [0.25, 0.3) is 5.91 Å². The zero-order valence-electron chi connectivity index (χ0n) is 14.2. The van der Waals surface area contributed by atoms with Crippen molar-refractivity contribution < 1.29 is 27.1 Å². The van der Waals surface area contributed by atoms with Crippen molar-refractivity contribution in [1.29, 1.82) is 0 Å². The number of halogens is 4. The van der Waals surface area contributed by atoms with E-state index in [0.717, 1.165) is 12.1 Å². The molecule has 0 aromatic heterocycles. The van der Waals surface area contributed by atoms with Crippen LogP contribution in [0.1, 0.15) is 35.9 Å². The number of rotatable bonds is 2. The van der Waals surface area contributed by atoms with Crippen molar-refractivity contribution in [3.8, 4) is 0 Å². The highest BCUT2D eigenvalue weighted by atomic mass is 19.2. The quantitative estimate of drug-likeness (QED) is 0.587. The first-order valence-corrected chi connectivity index (χ1v) is 8.03. The van der Waals surface area contributed by atoms with Gasteiger partial charge < -0.3 is 9.64 Å². The Labute approximate surface area is 148 Å². The van der Waals surface area contributed by atoms with Crippen molar-refractivity contribution in [2.75, 3.05) is 13.2 Å². The van der Waals surface area contributed by atoms with Crippen LogP contribution < -0.4 is 0 Å². The maximum Gasteiger partial charge on any atom is 0.257 e. The van der Waals surface area contributed by atoms with Crippen LogP contribution in [0, 0.1) is 23.3 Å². The van der Waals surface area contributed by atoms with Gasteiger partial charge in [0.2, 0.25) is 0 Å². The van der Waals surface area contributed by atoms with Gasteiger partial charge in [-0.1, -0.05) is 12.1 Å². The average Bonchev–Trinajstić information content (AvgIpc) is 2.60. The van der Waals surface area contributed by atoms with Crippen LogP contribution >= 0.6 is 0 Å². The summed E-state index contributed by atoms with van der Waals surface area (Å²) in [6, 6.07) is 7.28. The Morgan fingerprint density at radius 1 is 1.04 bits per heavy atom. The van der Waals surface area contributed by atoms with Gasteiger partial charge in [-0.25, -0.2) is 17.6 Å². The number of hydrogen-bond donors (Lipinski definition) is 0. The van der Waals surface area contributed by atoms with Gasteiger partial charge in [0, 0.05) is 0 Å². The molecule has 1 aliphatic heterocycles. The number of hydrogen-bond acceptors (Lipinski definition) is 2. The van der Waals surface area contributed by atoms with Crippen molar-refractivity contribution in [2.24, 2.45) is 0 Å². The van der Waals surface area contributed by atoms with Crippen molar-refractivity contribution in [1.82, 2.24) is 4.90 Å². The molecule has 1 amide bonds. The van der Waals surface area contributed by atoms with Gasteiger partial charge >= 0.3 is 0 Å². The van der Waals surface area contributed by atoms with Gasteiger partial charge in [0.05, 0.1) is 24.3 Å². The summed E-state index contributed by atoms with van der Waals surface area (Å²) in [5.74, 6) is -5.72. The molecule has 3 nitrogen and oxygen atoms in total.